The lowest BCUT2D eigenvalue weighted by atomic mass is 10.2. The number of nitrogens with one attached hydrogen (secondary N) is 2. The summed E-state index contributed by atoms with van der Waals surface area (Å²) in [4.78, 5) is 7.73. The van der Waals surface area contributed by atoms with Crippen LogP contribution in [-0.4, -0.2) is 56.3 Å². The number of thiophene rings is 1. The molecule has 0 saturated carbocycles. The van der Waals surface area contributed by atoms with Crippen LogP contribution in [0, 0.1) is 0 Å². The lowest BCUT2D eigenvalue weighted by Gasteiger charge is -2.15. The minimum absolute atomic E-state index is 0. The van der Waals surface area contributed by atoms with Crippen LogP contribution in [0.15, 0.2) is 59.6 Å². The standard InChI is InChI=1S/C24H32N4O2S.HI/c1-4-25-24(26-16-19-10-5-7-11-21(19)30-14-13-28(2)3)27-17-20(29)23-15-18-9-6-8-12-22(18)31-23;/h5-12,15,20,29H,4,13-14,16-17H2,1-3H3,(H2,25,26,27);1H. The molecule has 174 valence electrons. The van der Waals surface area contributed by atoms with Gasteiger partial charge in [0.15, 0.2) is 5.96 Å². The molecule has 3 aromatic rings. The van der Waals surface area contributed by atoms with Gasteiger partial charge in [0.1, 0.15) is 18.5 Å². The second kappa shape index (κ2) is 13.6. The highest BCUT2D eigenvalue weighted by molar-refractivity contribution is 14.0. The average Bonchev–Trinajstić information content (AvgIpc) is 3.20. The molecule has 0 amide bonds. The Balaban J connectivity index is 0.00000363. The number of guanidine groups is 1. The first-order valence-electron chi connectivity index (χ1n) is 10.6. The van der Waals surface area contributed by atoms with Gasteiger partial charge in [0.05, 0.1) is 6.54 Å². The monoisotopic (exact) mass is 568 g/mol. The minimum atomic E-state index is -0.595. The van der Waals surface area contributed by atoms with E-state index in [4.69, 9.17) is 9.73 Å². The number of rotatable bonds is 10. The van der Waals surface area contributed by atoms with Gasteiger partial charge in [0.25, 0.3) is 0 Å². The number of nitrogens with zero attached hydrogens (tertiary/aromatic N) is 2. The summed E-state index contributed by atoms with van der Waals surface area (Å²) in [5.41, 5.74) is 1.03. The van der Waals surface area contributed by atoms with Crippen LogP contribution in [-0.2, 0) is 6.54 Å². The van der Waals surface area contributed by atoms with Gasteiger partial charge in [-0.05, 0) is 44.6 Å². The van der Waals surface area contributed by atoms with Crippen molar-refractivity contribution in [2.24, 2.45) is 4.99 Å². The van der Waals surface area contributed by atoms with Crippen LogP contribution in [0.4, 0.5) is 0 Å². The molecule has 1 heterocycles. The maximum atomic E-state index is 10.7. The lowest BCUT2D eigenvalue weighted by Crippen LogP contribution is -2.39. The molecular weight excluding hydrogens is 535 g/mol. The number of ether oxygens (including phenoxy) is 1. The van der Waals surface area contributed by atoms with Crippen LogP contribution in [0.3, 0.4) is 0 Å². The van der Waals surface area contributed by atoms with Gasteiger partial charge in [0, 0.05) is 34.8 Å². The van der Waals surface area contributed by atoms with Crippen LogP contribution < -0.4 is 15.4 Å². The number of fused-ring (bicyclic) bond motifs is 1. The molecule has 3 N–H and O–H groups in total. The maximum absolute atomic E-state index is 10.7. The predicted molar refractivity (Wildman–Crippen MR) is 146 cm³/mol. The Kier molecular flexibility index (Phi) is 11.2. The fourth-order valence-corrected chi connectivity index (χ4v) is 4.13. The SMILES string of the molecule is CCNC(=NCc1ccccc1OCCN(C)C)NCC(O)c1cc2ccccc2s1.I. The molecule has 0 aliphatic rings. The van der Waals surface area contributed by atoms with Crippen molar-refractivity contribution in [3.63, 3.8) is 0 Å². The summed E-state index contributed by atoms with van der Waals surface area (Å²) in [7, 11) is 4.06. The van der Waals surface area contributed by atoms with Crippen LogP contribution in [0.1, 0.15) is 23.5 Å². The molecule has 0 aliphatic carbocycles. The van der Waals surface area contributed by atoms with E-state index in [-0.39, 0.29) is 24.0 Å². The van der Waals surface area contributed by atoms with Gasteiger partial charge in [-0.2, -0.15) is 0 Å². The number of para-hydroxylation sites is 1. The van der Waals surface area contributed by atoms with Crippen molar-refractivity contribution < 1.29 is 9.84 Å². The Morgan fingerprint density at radius 1 is 1.12 bits per heavy atom. The first-order valence-corrected chi connectivity index (χ1v) is 11.4. The number of hydrogen-bond acceptors (Lipinski definition) is 5. The molecule has 32 heavy (non-hydrogen) atoms. The van der Waals surface area contributed by atoms with Gasteiger partial charge >= 0.3 is 0 Å². The number of aliphatic imine (C=N–C) groups is 1. The lowest BCUT2D eigenvalue weighted by molar-refractivity contribution is 0.184. The van der Waals surface area contributed by atoms with Crippen LogP contribution in [0.25, 0.3) is 10.1 Å². The number of aliphatic hydroxyl groups is 1. The Labute approximate surface area is 211 Å². The second-order valence-electron chi connectivity index (χ2n) is 7.54. The van der Waals surface area contributed by atoms with E-state index in [1.54, 1.807) is 11.3 Å². The minimum Gasteiger partial charge on any atom is -0.492 e. The molecule has 2 aromatic carbocycles. The number of benzene rings is 2. The van der Waals surface area contributed by atoms with Crippen molar-refractivity contribution in [2.75, 3.05) is 40.3 Å². The van der Waals surface area contributed by atoms with E-state index in [1.807, 2.05) is 57.4 Å². The quantitative estimate of drug-likeness (QED) is 0.194. The van der Waals surface area contributed by atoms with Gasteiger partial charge < -0.3 is 25.4 Å². The smallest absolute Gasteiger partial charge is 0.191 e. The zero-order valence-electron chi connectivity index (χ0n) is 18.9. The molecule has 0 saturated heterocycles. The molecule has 1 atom stereocenters. The van der Waals surface area contributed by atoms with E-state index < -0.39 is 6.10 Å². The summed E-state index contributed by atoms with van der Waals surface area (Å²) in [6, 6.07) is 18.2. The Bertz CT molecular complexity index is 960. The third-order valence-corrected chi connectivity index (χ3v) is 5.97. The molecule has 0 radical (unpaired) electrons. The summed E-state index contributed by atoms with van der Waals surface area (Å²) in [6.45, 7) is 5.14. The Morgan fingerprint density at radius 3 is 2.62 bits per heavy atom. The maximum Gasteiger partial charge on any atom is 0.191 e. The van der Waals surface area contributed by atoms with E-state index >= 15 is 0 Å². The summed E-state index contributed by atoms with van der Waals surface area (Å²) in [5, 5.41) is 18.3. The Hall–Kier alpha value is -1.88. The fourth-order valence-electron chi connectivity index (χ4n) is 3.08. The first kappa shape index (κ1) is 26.4. The highest BCUT2D eigenvalue weighted by Gasteiger charge is 2.12. The molecule has 8 heteroatoms. The molecule has 1 aromatic heterocycles. The zero-order chi connectivity index (χ0) is 22.1. The van der Waals surface area contributed by atoms with E-state index in [2.05, 4.69) is 33.7 Å². The molecular formula is C24H33IN4O2S. The van der Waals surface area contributed by atoms with Crippen LogP contribution in [0.5, 0.6) is 5.75 Å². The van der Waals surface area contributed by atoms with Crippen molar-refractivity contribution in [3.8, 4) is 5.75 Å². The number of aliphatic hydroxyl groups excluding tert-OH is 1. The third-order valence-electron chi connectivity index (χ3n) is 4.76. The number of hydrogen-bond donors (Lipinski definition) is 3. The topological polar surface area (TPSA) is 69.1 Å². The van der Waals surface area contributed by atoms with Gasteiger partial charge in [-0.1, -0.05) is 36.4 Å². The van der Waals surface area contributed by atoms with E-state index in [0.29, 0.717) is 25.7 Å². The summed E-state index contributed by atoms with van der Waals surface area (Å²) in [6.07, 6.45) is -0.595. The van der Waals surface area contributed by atoms with Crippen molar-refractivity contribution in [1.29, 1.82) is 0 Å². The van der Waals surface area contributed by atoms with Gasteiger partial charge in [0.2, 0.25) is 0 Å². The highest BCUT2D eigenvalue weighted by Crippen LogP contribution is 2.29. The summed E-state index contributed by atoms with van der Waals surface area (Å²) < 4.78 is 7.12. The van der Waals surface area contributed by atoms with Crippen molar-refractivity contribution in [3.05, 3.63) is 65.0 Å². The molecule has 1 unspecified atom stereocenters. The highest BCUT2D eigenvalue weighted by atomic mass is 127. The number of halogens is 1. The zero-order valence-corrected chi connectivity index (χ0v) is 22.0. The van der Waals surface area contributed by atoms with Crippen LogP contribution >= 0.6 is 35.3 Å². The Morgan fingerprint density at radius 2 is 1.88 bits per heavy atom. The van der Waals surface area contributed by atoms with Gasteiger partial charge in [-0.25, -0.2) is 4.99 Å². The average molecular weight is 569 g/mol. The summed E-state index contributed by atoms with van der Waals surface area (Å²) in [5.74, 6) is 1.53. The normalized spacial score (nSPS) is 12.5. The first-order chi connectivity index (χ1) is 15.1. The number of likely N-dealkylation sites (N-methyl/N-ethyl adjacent to an activating group) is 1. The van der Waals surface area contributed by atoms with Crippen LogP contribution in [0.2, 0.25) is 0 Å². The fraction of sp³-hybridized carbons (Fsp3) is 0.375. The third kappa shape index (κ3) is 7.91. The van der Waals surface area contributed by atoms with Gasteiger partial charge in [-0.15, -0.1) is 35.3 Å². The molecule has 6 nitrogen and oxygen atoms in total. The van der Waals surface area contributed by atoms with Gasteiger partial charge in [-0.3, -0.25) is 0 Å². The van der Waals surface area contributed by atoms with Crippen molar-refractivity contribution in [2.45, 2.75) is 19.6 Å². The van der Waals surface area contributed by atoms with E-state index in [9.17, 15) is 5.11 Å². The molecule has 0 fully saturated rings. The van der Waals surface area contributed by atoms with E-state index in [1.165, 1.54) is 4.70 Å². The molecule has 0 spiro atoms. The molecule has 0 aliphatic heterocycles. The molecule has 0 bridgehead atoms. The largest absolute Gasteiger partial charge is 0.492 e. The van der Waals surface area contributed by atoms with Crippen molar-refractivity contribution >= 4 is 51.4 Å². The second-order valence-corrected chi connectivity index (χ2v) is 8.65. The molecule has 3 rings (SSSR count). The predicted octanol–water partition coefficient (Wildman–Crippen LogP) is 4.25. The van der Waals surface area contributed by atoms with Crippen molar-refractivity contribution in [1.82, 2.24) is 15.5 Å². The van der Waals surface area contributed by atoms with E-state index in [0.717, 1.165) is 34.7 Å². The summed E-state index contributed by atoms with van der Waals surface area (Å²) >= 11 is 1.62.